The molecule has 0 saturated carbocycles. The Bertz CT molecular complexity index is 583. The summed E-state index contributed by atoms with van der Waals surface area (Å²) in [6, 6.07) is 9.34. The predicted molar refractivity (Wildman–Crippen MR) is 78.7 cm³/mol. The van der Waals surface area contributed by atoms with E-state index in [1.165, 1.54) is 0 Å². The quantitative estimate of drug-likeness (QED) is 0.822. The van der Waals surface area contributed by atoms with Crippen molar-refractivity contribution < 1.29 is 14.1 Å². The van der Waals surface area contributed by atoms with Crippen molar-refractivity contribution in [2.75, 3.05) is 12.4 Å². The summed E-state index contributed by atoms with van der Waals surface area (Å²) in [5.41, 5.74) is 1.57. The molecule has 0 unspecified atom stereocenters. The lowest BCUT2D eigenvalue weighted by Crippen LogP contribution is -2.22. The van der Waals surface area contributed by atoms with Gasteiger partial charge >= 0.3 is 0 Å². The van der Waals surface area contributed by atoms with Crippen LogP contribution in [0.15, 0.2) is 34.9 Å². The highest BCUT2D eigenvalue weighted by molar-refractivity contribution is 9.09. The fourth-order valence-corrected chi connectivity index (χ4v) is 2.03. The number of nitrogens with one attached hydrogen (secondary N) is 1. The highest BCUT2D eigenvalue weighted by Crippen LogP contribution is 2.24. The second kappa shape index (κ2) is 7.09. The summed E-state index contributed by atoms with van der Waals surface area (Å²) in [5.74, 6) is 1.38. The number of rotatable bonds is 6. The molecule has 0 bridgehead atoms. The first kappa shape index (κ1) is 14.6. The third-order valence-corrected chi connectivity index (χ3v) is 3.10. The van der Waals surface area contributed by atoms with E-state index in [4.69, 9.17) is 9.26 Å². The Balaban J connectivity index is 2.03. The Hall–Kier alpha value is -1.82. The Labute approximate surface area is 125 Å². The second-order valence-corrected chi connectivity index (χ2v) is 4.92. The van der Waals surface area contributed by atoms with Gasteiger partial charge in [0.15, 0.2) is 5.76 Å². The molecule has 2 aromatic rings. The zero-order valence-electron chi connectivity index (χ0n) is 11.1. The standard InChI is InChI=1S/C14H15BrN2O3/c1-19-12-4-2-3-10(7-12)13-8-11(17-20-13)9-16-14(18)5-6-15/h2-4,7-8H,5-6,9H2,1H3,(H,16,18). The maximum absolute atomic E-state index is 11.4. The number of amides is 1. The lowest BCUT2D eigenvalue weighted by atomic mass is 10.1. The number of hydrogen-bond donors (Lipinski definition) is 1. The van der Waals surface area contributed by atoms with E-state index in [0.29, 0.717) is 29.7 Å². The molecule has 20 heavy (non-hydrogen) atoms. The Kier molecular flexibility index (Phi) is 5.17. The lowest BCUT2D eigenvalue weighted by Gasteiger charge is -2.00. The van der Waals surface area contributed by atoms with Crippen LogP contribution in [-0.2, 0) is 11.3 Å². The van der Waals surface area contributed by atoms with Gasteiger partial charge in [-0.05, 0) is 12.1 Å². The smallest absolute Gasteiger partial charge is 0.221 e. The fourth-order valence-electron chi connectivity index (χ4n) is 1.67. The van der Waals surface area contributed by atoms with E-state index in [0.717, 1.165) is 11.3 Å². The molecule has 1 aromatic carbocycles. The summed E-state index contributed by atoms with van der Waals surface area (Å²) >= 11 is 3.22. The molecule has 0 aliphatic carbocycles. The summed E-state index contributed by atoms with van der Waals surface area (Å²) in [5, 5.41) is 7.35. The molecule has 1 N–H and O–H groups in total. The maximum atomic E-state index is 11.4. The average Bonchev–Trinajstić information content (AvgIpc) is 2.94. The first-order chi connectivity index (χ1) is 9.72. The number of halogens is 1. The molecule has 2 rings (SSSR count). The fraction of sp³-hybridized carbons (Fsp3) is 0.286. The van der Waals surface area contributed by atoms with Crippen LogP contribution in [0.2, 0.25) is 0 Å². The van der Waals surface area contributed by atoms with Gasteiger partial charge in [0.1, 0.15) is 11.4 Å². The third kappa shape index (κ3) is 3.84. The van der Waals surface area contributed by atoms with Crippen LogP contribution in [0.4, 0.5) is 0 Å². The second-order valence-electron chi connectivity index (χ2n) is 4.13. The summed E-state index contributed by atoms with van der Waals surface area (Å²) in [7, 11) is 1.62. The van der Waals surface area contributed by atoms with Gasteiger partial charge in [0.05, 0.1) is 13.7 Å². The number of ether oxygens (including phenoxy) is 1. The van der Waals surface area contributed by atoms with Gasteiger partial charge in [-0.2, -0.15) is 0 Å². The number of nitrogens with zero attached hydrogens (tertiary/aromatic N) is 1. The molecule has 6 heteroatoms. The van der Waals surface area contributed by atoms with E-state index in [1.807, 2.05) is 30.3 Å². The van der Waals surface area contributed by atoms with Crippen LogP contribution in [0.25, 0.3) is 11.3 Å². The summed E-state index contributed by atoms with van der Waals surface area (Å²) in [6.45, 7) is 0.360. The number of hydrogen-bond acceptors (Lipinski definition) is 4. The van der Waals surface area contributed by atoms with Gasteiger partial charge in [0.2, 0.25) is 5.91 Å². The minimum absolute atomic E-state index is 0.0206. The van der Waals surface area contributed by atoms with E-state index >= 15 is 0 Å². The Morgan fingerprint density at radius 2 is 2.30 bits per heavy atom. The number of alkyl halides is 1. The number of benzene rings is 1. The van der Waals surface area contributed by atoms with Gasteiger partial charge in [-0.1, -0.05) is 33.2 Å². The Morgan fingerprint density at radius 1 is 1.45 bits per heavy atom. The van der Waals surface area contributed by atoms with Crippen LogP contribution in [0.1, 0.15) is 12.1 Å². The van der Waals surface area contributed by atoms with Crippen LogP contribution < -0.4 is 10.1 Å². The number of aromatic nitrogens is 1. The minimum Gasteiger partial charge on any atom is -0.497 e. The van der Waals surface area contributed by atoms with Gasteiger partial charge in [-0.3, -0.25) is 4.79 Å². The van der Waals surface area contributed by atoms with E-state index in [1.54, 1.807) is 7.11 Å². The molecule has 1 aromatic heterocycles. The zero-order valence-corrected chi connectivity index (χ0v) is 12.6. The van der Waals surface area contributed by atoms with Crippen LogP contribution >= 0.6 is 15.9 Å². The van der Waals surface area contributed by atoms with Crippen LogP contribution in [0, 0.1) is 0 Å². The van der Waals surface area contributed by atoms with Gasteiger partial charge < -0.3 is 14.6 Å². The summed E-state index contributed by atoms with van der Waals surface area (Å²) in [4.78, 5) is 11.4. The molecular weight excluding hydrogens is 324 g/mol. The highest BCUT2D eigenvalue weighted by Gasteiger charge is 2.08. The normalized spacial score (nSPS) is 10.3. The van der Waals surface area contributed by atoms with Crippen molar-refractivity contribution in [1.82, 2.24) is 10.5 Å². The van der Waals surface area contributed by atoms with Crippen molar-refractivity contribution in [3.63, 3.8) is 0 Å². The van der Waals surface area contributed by atoms with Crippen molar-refractivity contribution in [1.29, 1.82) is 0 Å². The molecule has 0 saturated heterocycles. The third-order valence-electron chi connectivity index (χ3n) is 2.70. The van der Waals surface area contributed by atoms with Gasteiger partial charge in [0.25, 0.3) is 0 Å². The molecule has 0 atom stereocenters. The molecule has 1 heterocycles. The van der Waals surface area contributed by atoms with Crippen molar-refractivity contribution in [3.8, 4) is 17.1 Å². The van der Waals surface area contributed by atoms with E-state index in [2.05, 4.69) is 26.4 Å². The largest absolute Gasteiger partial charge is 0.497 e. The van der Waals surface area contributed by atoms with Crippen molar-refractivity contribution in [2.45, 2.75) is 13.0 Å². The van der Waals surface area contributed by atoms with E-state index in [9.17, 15) is 4.79 Å². The zero-order chi connectivity index (χ0) is 14.4. The molecule has 0 radical (unpaired) electrons. The molecular formula is C14H15BrN2O3. The molecule has 0 aliphatic heterocycles. The maximum Gasteiger partial charge on any atom is 0.221 e. The monoisotopic (exact) mass is 338 g/mol. The summed E-state index contributed by atoms with van der Waals surface area (Å²) < 4.78 is 10.4. The van der Waals surface area contributed by atoms with Gasteiger partial charge in [-0.25, -0.2) is 0 Å². The van der Waals surface area contributed by atoms with Crippen LogP contribution in [0.3, 0.4) is 0 Å². The van der Waals surface area contributed by atoms with Crippen LogP contribution in [0.5, 0.6) is 5.75 Å². The van der Waals surface area contributed by atoms with Crippen molar-refractivity contribution >= 4 is 21.8 Å². The minimum atomic E-state index is -0.0206. The SMILES string of the molecule is COc1cccc(-c2cc(CNC(=O)CCBr)no2)c1. The van der Waals surface area contributed by atoms with Crippen LogP contribution in [-0.4, -0.2) is 23.5 Å². The number of carbonyl (C=O) groups excluding carboxylic acids is 1. The lowest BCUT2D eigenvalue weighted by molar-refractivity contribution is -0.120. The summed E-state index contributed by atoms with van der Waals surface area (Å²) in [6.07, 6.45) is 0.445. The van der Waals surface area contributed by atoms with Gasteiger partial charge in [-0.15, -0.1) is 0 Å². The van der Waals surface area contributed by atoms with Crippen molar-refractivity contribution in [2.24, 2.45) is 0 Å². The molecule has 0 spiro atoms. The van der Waals surface area contributed by atoms with E-state index in [-0.39, 0.29) is 5.91 Å². The Morgan fingerprint density at radius 3 is 3.05 bits per heavy atom. The predicted octanol–water partition coefficient (Wildman–Crippen LogP) is 2.75. The van der Waals surface area contributed by atoms with Gasteiger partial charge in [0, 0.05) is 23.4 Å². The number of carbonyl (C=O) groups is 1. The van der Waals surface area contributed by atoms with E-state index < -0.39 is 0 Å². The average molecular weight is 339 g/mol. The highest BCUT2D eigenvalue weighted by atomic mass is 79.9. The molecule has 1 amide bonds. The molecule has 5 nitrogen and oxygen atoms in total. The molecule has 0 fully saturated rings. The molecule has 0 aliphatic rings. The number of methoxy groups -OCH3 is 1. The molecule has 106 valence electrons. The topological polar surface area (TPSA) is 64.4 Å². The van der Waals surface area contributed by atoms with Crippen molar-refractivity contribution in [3.05, 3.63) is 36.0 Å². The first-order valence-electron chi connectivity index (χ1n) is 6.15. The first-order valence-corrected chi connectivity index (χ1v) is 7.27.